The van der Waals surface area contributed by atoms with E-state index in [0.717, 1.165) is 31.7 Å². The molecular formula is C15H28N2OS. The highest BCUT2D eigenvalue weighted by molar-refractivity contribution is 8.00. The first-order valence-electron chi connectivity index (χ1n) is 7.54. The van der Waals surface area contributed by atoms with Gasteiger partial charge in [-0.15, -0.1) is 0 Å². The van der Waals surface area contributed by atoms with Gasteiger partial charge in [-0.1, -0.05) is 20.8 Å². The summed E-state index contributed by atoms with van der Waals surface area (Å²) in [5, 5.41) is 0. The predicted molar refractivity (Wildman–Crippen MR) is 82.2 cm³/mol. The average molecular weight is 284 g/mol. The van der Waals surface area contributed by atoms with Gasteiger partial charge in [0.2, 0.25) is 5.91 Å². The van der Waals surface area contributed by atoms with Gasteiger partial charge in [0, 0.05) is 30.3 Å². The maximum absolute atomic E-state index is 12.2. The van der Waals surface area contributed by atoms with Crippen LogP contribution in [0.3, 0.4) is 0 Å². The minimum atomic E-state index is 0.306. The molecule has 0 radical (unpaired) electrons. The van der Waals surface area contributed by atoms with E-state index < -0.39 is 0 Å². The average Bonchev–Trinajstić information content (AvgIpc) is 2.86. The van der Waals surface area contributed by atoms with Gasteiger partial charge < -0.3 is 10.6 Å². The Kier molecular flexibility index (Phi) is 4.83. The van der Waals surface area contributed by atoms with Crippen LogP contribution in [-0.2, 0) is 4.79 Å². The van der Waals surface area contributed by atoms with Gasteiger partial charge in [0.25, 0.3) is 0 Å². The number of nitrogens with zero attached hydrogens (tertiary/aromatic N) is 1. The number of hydrogen-bond acceptors (Lipinski definition) is 3. The molecule has 2 fully saturated rings. The molecule has 2 aliphatic rings. The third-order valence-corrected chi connectivity index (χ3v) is 5.69. The van der Waals surface area contributed by atoms with Crippen molar-refractivity contribution in [1.29, 1.82) is 0 Å². The largest absolute Gasteiger partial charge is 0.342 e. The highest BCUT2D eigenvalue weighted by Crippen LogP contribution is 2.37. The first-order valence-corrected chi connectivity index (χ1v) is 8.53. The monoisotopic (exact) mass is 284 g/mol. The van der Waals surface area contributed by atoms with Crippen LogP contribution < -0.4 is 5.73 Å². The second-order valence-corrected chi connectivity index (χ2v) is 8.95. The summed E-state index contributed by atoms with van der Waals surface area (Å²) in [6.45, 7) is 8.55. The number of likely N-dealkylation sites (tertiary alicyclic amines) is 1. The molecule has 1 aliphatic carbocycles. The van der Waals surface area contributed by atoms with Crippen LogP contribution in [-0.4, -0.2) is 40.4 Å². The van der Waals surface area contributed by atoms with Crippen LogP contribution in [0.1, 0.15) is 46.5 Å². The summed E-state index contributed by atoms with van der Waals surface area (Å²) in [6, 6.07) is 0.333. The van der Waals surface area contributed by atoms with E-state index in [4.69, 9.17) is 5.73 Å². The van der Waals surface area contributed by atoms with E-state index in [1.165, 1.54) is 6.42 Å². The van der Waals surface area contributed by atoms with Crippen LogP contribution in [0, 0.1) is 11.8 Å². The zero-order chi connectivity index (χ0) is 14.0. The van der Waals surface area contributed by atoms with Gasteiger partial charge in [0.15, 0.2) is 0 Å². The number of rotatable bonds is 4. The van der Waals surface area contributed by atoms with Crippen molar-refractivity contribution in [2.24, 2.45) is 17.6 Å². The Hall–Kier alpha value is -0.220. The van der Waals surface area contributed by atoms with Crippen LogP contribution in [0.4, 0.5) is 0 Å². The molecule has 19 heavy (non-hydrogen) atoms. The van der Waals surface area contributed by atoms with Crippen molar-refractivity contribution in [1.82, 2.24) is 4.90 Å². The molecule has 1 aliphatic heterocycles. The minimum absolute atomic E-state index is 0.306. The van der Waals surface area contributed by atoms with Gasteiger partial charge in [-0.2, -0.15) is 11.8 Å². The lowest BCUT2D eigenvalue weighted by atomic mass is 9.98. The van der Waals surface area contributed by atoms with E-state index in [1.807, 2.05) is 11.8 Å². The number of nitrogens with two attached hydrogens (primary N) is 1. The molecule has 0 aromatic carbocycles. The maximum atomic E-state index is 12.2. The van der Waals surface area contributed by atoms with Crippen molar-refractivity contribution in [3.05, 3.63) is 0 Å². The fourth-order valence-corrected chi connectivity index (χ4v) is 4.17. The van der Waals surface area contributed by atoms with Crippen LogP contribution >= 0.6 is 11.8 Å². The zero-order valence-electron chi connectivity index (χ0n) is 12.5. The Morgan fingerprint density at radius 1 is 1.32 bits per heavy atom. The van der Waals surface area contributed by atoms with E-state index in [-0.39, 0.29) is 0 Å². The van der Waals surface area contributed by atoms with Gasteiger partial charge in [0.05, 0.1) is 0 Å². The van der Waals surface area contributed by atoms with Crippen LogP contribution in [0.15, 0.2) is 0 Å². The first kappa shape index (κ1) is 15.2. The van der Waals surface area contributed by atoms with Crippen molar-refractivity contribution >= 4 is 17.7 Å². The summed E-state index contributed by atoms with van der Waals surface area (Å²) in [4.78, 5) is 14.2. The fourth-order valence-electron chi connectivity index (χ4n) is 3.27. The zero-order valence-corrected chi connectivity index (χ0v) is 13.3. The van der Waals surface area contributed by atoms with E-state index in [1.54, 1.807) is 0 Å². The molecule has 0 aromatic rings. The van der Waals surface area contributed by atoms with E-state index in [0.29, 0.717) is 35.0 Å². The first-order chi connectivity index (χ1) is 8.87. The van der Waals surface area contributed by atoms with Gasteiger partial charge >= 0.3 is 0 Å². The number of carbonyl (C=O) groups is 1. The van der Waals surface area contributed by atoms with Crippen molar-refractivity contribution in [2.75, 3.05) is 18.8 Å². The Bertz CT molecular complexity index is 327. The third kappa shape index (κ3) is 4.12. The normalized spacial score (nSPS) is 30.7. The molecule has 0 spiro atoms. The summed E-state index contributed by atoms with van der Waals surface area (Å²) in [5.41, 5.74) is 6.11. The van der Waals surface area contributed by atoms with E-state index in [2.05, 4.69) is 25.7 Å². The summed E-state index contributed by atoms with van der Waals surface area (Å²) in [5.74, 6) is 2.68. The molecule has 1 amide bonds. The Morgan fingerprint density at radius 3 is 2.68 bits per heavy atom. The van der Waals surface area contributed by atoms with Gasteiger partial charge in [-0.05, 0) is 36.9 Å². The van der Waals surface area contributed by atoms with Crippen molar-refractivity contribution < 1.29 is 4.79 Å². The SMILES string of the molecule is CC(C)(C)SCCCC(=O)N1CC2CCC(N)C2C1. The molecule has 3 atom stereocenters. The van der Waals surface area contributed by atoms with Crippen LogP contribution in [0.25, 0.3) is 0 Å². The number of hydrogen-bond donors (Lipinski definition) is 1. The molecule has 4 heteroatoms. The molecule has 1 saturated heterocycles. The van der Waals surface area contributed by atoms with Gasteiger partial charge in [-0.3, -0.25) is 4.79 Å². The van der Waals surface area contributed by atoms with Crippen LogP contribution in [0.5, 0.6) is 0 Å². The van der Waals surface area contributed by atoms with Gasteiger partial charge in [0.1, 0.15) is 0 Å². The summed E-state index contributed by atoms with van der Waals surface area (Å²) in [6.07, 6.45) is 4.07. The van der Waals surface area contributed by atoms with Crippen LogP contribution in [0.2, 0.25) is 0 Å². The quantitative estimate of drug-likeness (QED) is 0.807. The number of amides is 1. The molecule has 3 nitrogen and oxygen atoms in total. The highest BCUT2D eigenvalue weighted by Gasteiger charge is 2.42. The molecule has 1 heterocycles. The Balaban J connectivity index is 1.68. The van der Waals surface area contributed by atoms with E-state index in [9.17, 15) is 4.79 Å². The Morgan fingerprint density at radius 2 is 2.05 bits per heavy atom. The molecule has 3 unspecified atom stereocenters. The topological polar surface area (TPSA) is 46.3 Å². The molecule has 0 aromatic heterocycles. The second-order valence-electron chi connectivity index (χ2n) is 7.03. The molecule has 2 N–H and O–H groups in total. The predicted octanol–water partition coefficient (Wildman–Crippen LogP) is 2.49. The summed E-state index contributed by atoms with van der Waals surface area (Å²) < 4.78 is 0.306. The highest BCUT2D eigenvalue weighted by atomic mass is 32.2. The number of carbonyl (C=O) groups excluding carboxylic acids is 1. The summed E-state index contributed by atoms with van der Waals surface area (Å²) in [7, 11) is 0. The lowest BCUT2D eigenvalue weighted by molar-refractivity contribution is -0.130. The smallest absolute Gasteiger partial charge is 0.222 e. The summed E-state index contributed by atoms with van der Waals surface area (Å²) >= 11 is 1.94. The molecule has 1 saturated carbocycles. The number of fused-ring (bicyclic) bond motifs is 1. The van der Waals surface area contributed by atoms with Crippen molar-refractivity contribution in [2.45, 2.75) is 57.2 Å². The standard InChI is InChI=1S/C15H28N2OS/c1-15(2,3)19-8-4-5-14(18)17-9-11-6-7-13(16)12(11)10-17/h11-13H,4-10,16H2,1-3H3. The molecule has 2 rings (SSSR count). The maximum Gasteiger partial charge on any atom is 0.222 e. The third-order valence-electron chi connectivity index (χ3n) is 4.34. The lowest BCUT2D eigenvalue weighted by Crippen LogP contribution is -2.33. The van der Waals surface area contributed by atoms with Gasteiger partial charge in [-0.25, -0.2) is 0 Å². The van der Waals surface area contributed by atoms with E-state index >= 15 is 0 Å². The minimum Gasteiger partial charge on any atom is -0.342 e. The lowest BCUT2D eigenvalue weighted by Gasteiger charge is -2.20. The van der Waals surface area contributed by atoms with Crippen molar-refractivity contribution in [3.63, 3.8) is 0 Å². The Labute approximate surface area is 121 Å². The molecular weight excluding hydrogens is 256 g/mol. The molecule has 110 valence electrons. The van der Waals surface area contributed by atoms with Crippen molar-refractivity contribution in [3.8, 4) is 0 Å². The molecule has 0 bridgehead atoms. The second kappa shape index (κ2) is 6.04. The fraction of sp³-hybridized carbons (Fsp3) is 0.933. The number of thioether (sulfide) groups is 1.